The van der Waals surface area contributed by atoms with Crippen LogP contribution in [0.1, 0.15) is 97.0 Å². The average molecular weight is 455 g/mol. The van der Waals surface area contributed by atoms with Crippen LogP contribution in [-0.4, -0.2) is 39.4 Å². The number of aliphatic hydroxyl groups excluding tert-OH is 3. The predicted molar refractivity (Wildman–Crippen MR) is 127 cm³/mol. The summed E-state index contributed by atoms with van der Waals surface area (Å²) >= 11 is 0. The van der Waals surface area contributed by atoms with E-state index in [1.807, 2.05) is 20.8 Å². The van der Waals surface area contributed by atoms with E-state index in [4.69, 9.17) is 2.74 Å². The molecule has 4 saturated carbocycles. The van der Waals surface area contributed by atoms with E-state index in [1.165, 1.54) is 0 Å². The van der Waals surface area contributed by atoms with Gasteiger partial charge in [0.25, 0.3) is 0 Å². The first kappa shape index (κ1) is 20.9. The smallest absolute Gasteiger partial charge is 0.136 e. The molecule has 0 saturated heterocycles. The van der Waals surface area contributed by atoms with Crippen LogP contribution < -0.4 is 0 Å². The van der Waals surface area contributed by atoms with Crippen molar-refractivity contribution in [1.82, 2.24) is 0 Å². The lowest BCUT2D eigenvalue weighted by molar-refractivity contribution is -0.161. The third kappa shape index (κ3) is 3.71. The molecular weight excluding hydrogens is 400 g/mol. The normalized spacial score (nSPS) is 53.1. The number of carbonyl (C=O) groups is 1. The molecule has 0 aliphatic heterocycles. The Bertz CT molecular complexity index is 835. The van der Waals surface area contributed by atoms with Crippen LogP contribution in [0, 0.1) is 58.1 Å². The van der Waals surface area contributed by atoms with Crippen molar-refractivity contribution in [3.63, 3.8) is 0 Å². The predicted octanol–water partition coefficient (Wildman–Crippen LogP) is 4.84. The minimum atomic E-state index is -2.10. The third-order valence-corrected chi connectivity index (χ3v) is 11.0. The van der Waals surface area contributed by atoms with Gasteiger partial charge in [0.15, 0.2) is 0 Å². The molecule has 0 spiro atoms. The monoisotopic (exact) mass is 454 g/mol. The van der Waals surface area contributed by atoms with Crippen molar-refractivity contribution in [2.75, 3.05) is 0 Å². The summed E-state index contributed by atoms with van der Waals surface area (Å²) in [5, 5.41) is 32.4. The van der Waals surface area contributed by atoms with E-state index < -0.39 is 47.7 Å². The molecular formula is C28H48O4. The van der Waals surface area contributed by atoms with E-state index in [-0.39, 0.29) is 47.3 Å². The number of hydrogen-bond donors (Lipinski definition) is 3. The zero-order valence-electron chi connectivity index (χ0n) is 24.0. The summed E-state index contributed by atoms with van der Waals surface area (Å²) in [4.78, 5) is 13.7. The molecule has 0 unspecified atom stereocenters. The Labute approximate surface area is 199 Å². The Morgan fingerprint density at radius 1 is 0.969 bits per heavy atom. The summed E-state index contributed by atoms with van der Waals surface area (Å²) in [7, 11) is 0. The Balaban J connectivity index is 1.66. The van der Waals surface area contributed by atoms with Gasteiger partial charge in [-0.15, -0.1) is 0 Å². The van der Waals surface area contributed by atoms with Crippen molar-refractivity contribution in [3.05, 3.63) is 0 Å². The van der Waals surface area contributed by atoms with Crippen LogP contribution in [0.3, 0.4) is 0 Å². The van der Waals surface area contributed by atoms with Gasteiger partial charge in [-0.2, -0.15) is 0 Å². The van der Waals surface area contributed by atoms with Gasteiger partial charge in [-0.25, -0.2) is 0 Å². The highest BCUT2D eigenvalue weighted by Gasteiger charge is 2.63. The summed E-state index contributed by atoms with van der Waals surface area (Å²) < 4.78 is 27.3. The number of hydrogen-bond acceptors (Lipinski definition) is 4. The molecule has 4 nitrogen and oxygen atoms in total. The second-order valence-electron chi connectivity index (χ2n) is 12.7. The molecule has 32 heavy (non-hydrogen) atoms. The molecule has 4 rings (SSSR count). The molecule has 0 amide bonds. The largest absolute Gasteiger partial charge is 0.393 e. The molecule has 4 fully saturated rings. The molecule has 0 aromatic rings. The fraction of sp³-hybridized carbons (Fsp3) is 0.964. The van der Waals surface area contributed by atoms with Crippen molar-refractivity contribution in [3.8, 4) is 0 Å². The summed E-state index contributed by atoms with van der Waals surface area (Å²) in [6.07, 6.45) is 0.0425. The molecule has 184 valence electrons. The number of rotatable bonds is 5. The zero-order valence-corrected chi connectivity index (χ0v) is 21.0. The Morgan fingerprint density at radius 3 is 2.25 bits per heavy atom. The van der Waals surface area contributed by atoms with Gasteiger partial charge < -0.3 is 15.3 Å². The van der Waals surface area contributed by atoms with Crippen LogP contribution in [0.5, 0.6) is 0 Å². The molecule has 0 bridgehead atoms. The van der Waals surface area contributed by atoms with Crippen molar-refractivity contribution in [1.29, 1.82) is 0 Å². The standard InChI is InChI=1S/C28H48O4/c1-15(2)16(3)25(31)26(32)17(4)20-7-8-21-19-14-24(30)23-13-18(29)9-11-28(23,6)22(19)10-12-27(20,21)5/h15-23,25-26,29,31-32H,7-14H2,1-6H3/t16-,17+,18+,19+,20-,21+,22+,23-,25-,26-,27-,28-/m1/s1/i14T2,23T. The molecule has 4 aliphatic rings. The van der Waals surface area contributed by atoms with E-state index in [9.17, 15) is 21.5 Å². The Morgan fingerprint density at radius 2 is 1.59 bits per heavy atom. The maximum absolute atomic E-state index is 13.7. The van der Waals surface area contributed by atoms with E-state index in [0.29, 0.717) is 12.8 Å². The Kier molecular flexibility index (Phi) is 5.64. The number of fused-ring (bicyclic) bond motifs is 5. The molecule has 12 atom stereocenters. The van der Waals surface area contributed by atoms with E-state index in [0.717, 1.165) is 25.7 Å². The summed E-state index contributed by atoms with van der Waals surface area (Å²) in [6, 6.07) is 0. The molecule has 4 aliphatic carbocycles. The average Bonchev–Trinajstić information content (AvgIpc) is 3.14. The minimum Gasteiger partial charge on any atom is -0.393 e. The van der Waals surface area contributed by atoms with Gasteiger partial charge in [0.2, 0.25) is 0 Å². The molecule has 0 heterocycles. The minimum absolute atomic E-state index is 0.00717. The molecule has 0 radical (unpaired) electrons. The third-order valence-electron chi connectivity index (χ3n) is 11.0. The summed E-state index contributed by atoms with van der Waals surface area (Å²) in [6.45, 7) is 12.4. The number of aliphatic hydroxyl groups is 3. The van der Waals surface area contributed by atoms with Crippen LogP contribution in [0.4, 0.5) is 0 Å². The van der Waals surface area contributed by atoms with Gasteiger partial charge in [0.05, 0.1) is 18.3 Å². The highest BCUT2D eigenvalue weighted by Crippen LogP contribution is 2.67. The van der Waals surface area contributed by atoms with Crippen LogP contribution in [0.15, 0.2) is 0 Å². The second-order valence-corrected chi connectivity index (χ2v) is 12.7. The first-order valence-electron chi connectivity index (χ1n) is 14.6. The lowest BCUT2D eigenvalue weighted by Gasteiger charge is -2.60. The molecule has 3 N–H and O–H groups in total. The van der Waals surface area contributed by atoms with Gasteiger partial charge >= 0.3 is 0 Å². The fourth-order valence-corrected chi connectivity index (χ4v) is 8.40. The summed E-state index contributed by atoms with van der Waals surface area (Å²) in [5.74, 6) is -2.46. The van der Waals surface area contributed by atoms with E-state index in [1.54, 1.807) is 0 Å². The van der Waals surface area contributed by atoms with Gasteiger partial charge in [0, 0.05) is 16.4 Å². The highest BCUT2D eigenvalue weighted by atomic mass is 16.3. The molecule has 4 heteroatoms. The van der Waals surface area contributed by atoms with Gasteiger partial charge in [0.1, 0.15) is 5.78 Å². The van der Waals surface area contributed by atoms with E-state index >= 15 is 0 Å². The van der Waals surface area contributed by atoms with E-state index in [2.05, 4.69) is 20.8 Å². The lowest BCUT2D eigenvalue weighted by atomic mass is 9.44. The first-order valence-corrected chi connectivity index (χ1v) is 13.1. The van der Waals surface area contributed by atoms with Crippen molar-refractivity contribution >= 4 is 5.78 Å². The maximum Gasteiger partial charge on any atom is 0.136 e. The van der Waals surface area contributed by atoms with Crippen molar-refractivity contribution in [2.24, 2.45) is 58.1 Å². The first-order chi connectivity index (χ1) is 16.0. The van der Waals surface area contributed by atoms with Gasteiger partial charge in [-0.1, -0.05) is 41.5 Å². The number of carbonyl (C=O) groups excluding carboxylic acids is 1. The van der Waals surface area contributed by atoms with Crippen molar-refractivity contribution < 1.29 is 24.2 Å². The summed E-state index contributed by atoms with van der Waals surface area (Å²) in [5.41, 5.74) is -0.852. The van der Waals surface area contributed by atoms with Crippen LogP contribution >= 0.6 is 0 Å². The van der Waals surface area contributed by atoms with Crippen LogP contribution in [-0.2, 0) is 4.79 Å². The quantitative estimate of drug-likeness (QED) is 0.556. The lowest BCUT2D eigenvalue weighted by Crippen LogP contribution is -2.57. The SMILES string of the molecule is [3H]C1([3H])C(=O)[C@@]2([3H])C[C@@H](O)CC[C@]2(C)[C@H]2CC[C@]3(C)[C@@H]([C@H](C)[C@@H](O)[C@H](O)[C@H](C)C(C)C)CC[C@H]3[C@@H]21. The molecule has 0 aromatic heterocycles. The fourth-order valence-electron chi connectivity index (χ4n) is 8.40. The highest BCUT2D eigenvalue weighted by molar-refractivity contribution is 5.83. The molecule has 0 aromatic carbocycles. The zero-order chi connectivity index (χ0) is 26.3. The van der Waals surface area contributed by atoms with Crippen molar-refractivity contribution in [2.45, 2.75) is 111 Å². The second kappa shape index (κ2) is 8.64. The number of ketones is 1. The van der Waals surface area contributed by atoms with Gasteiger partial charge in [-0.05, 0) is 97.2 Å². The topological polar surface area (TPSA) is 77.8 Å². The maximum atomic E-state index is 13.7. The Hall–Kier alpha value is -0.450. The van der Waals surface area contributed by atoms with Gasteiger partial charge in [-0.3, -0.25) is 4.79 Å². The van der Waals surface area contributed by atoms with Crippen LogP contribution in [0.25, 0.3) is 0 Å². The number of Topliss-reactive ketones (excluding diaryl/α,β-unsaturated/α-hetero) is 1. The van der Waals surface area contributed by atoms with Crippen LogP contribution in [0.2, 0.25) is 0 Å².